The number of thiazole rings is 1. The topological polar surface area (TPSA) is 77.3 Å². The van der Waals surface area contributed by atoms with Crippen LogP contribution in [-0.2, 0) is 6.54 Å². The van der Waals surface area contributed by atoms with Crippen molar-refractivity contribution in [1.29, 1.82) is 0 Å². The number of benzene rings is 2. The van der Waals surface area contributed by atoms with E-state index in [1.165, 1.54) is 6.07 Å². The van der Waals surface area contributed by atoms with E-state index >= 15 is 0 Å². The lowest BCUT2D eigenvalue weighted by molar-refractivity contribution is -0.385. The lowest BCUT2D eigenvalue weighted by Gasteiger charge is -2.08. The zero-order chi connectivity index (χ0) is 17.6. The molecule has 0 saturated heterocycles. The standard InChI is InChI=1S/C18H17N3O3S/c1-2-24-17-10-14(8-9-16(17)21(22)23)19-11-15-12-25-18(20-15)13-6-4-3-5-7-13/h3-10,12,19H,2,11H2,1H3. The molecule has 0 amide bonds. The predicted molar refractivity (Wildman–Crippen MR) is 99.1 cm³/mol. The van der Waals surface area contributed by atoms with E-state index in [1.807, 2.05) is 35.7 Å². The van der Waals surface area contributed by atoms with E-state index in [0.717, 1.165) is 22.0 Å². The maximum absolute atomic E-state index is 11.0. The number of hydrogen-bond donors (Lipinski definition) is 1. The number of nitro benzene ring substituents is 1. The molecule has 0 unspecified atom stereocenters. The summed E-state index contributed by atoms with van der Waals surface area (Å²) in [4.78, 5) is 15.2. The Morgan fingerprint density at radius 2 is 2.04 bits per heavy atom. The van der Waals surface area contributed by atoms with Gasteiger partial charge in [-0.1, -0.05) is 30.3 Å². The molecule has 6 nitrogen and oxygen atoms in total. The van der Waals surface area contributed by atoms with Crippen molar-refractivity contribution in [2.24, 2.45) is 0 Å². The minimum atomic E-state index is -0.443. The van der Waals surface area contributed by atoms with E-state index in [4.69, 9.17) is 4.74 Å². The molecule has 0 aliphatic heterocycles. The van der Waals surface area contributed by atoms with Crippen molar-refractivity contribution in [3.05, 3.63) is 69.7 Å². The highest BCUT2D eigenvalue weighted by Gasteiger charge is 2.15. The Morgan fingerprint density at radius 3 is 2.76 bits per heavy atom. The van der Waals surface area contributed by atoms with Crippen molar-refractivity contribution in [3.63, 3.8) is 0 Å². The maximum Gasteiger partial charge on any atom is 0.311 e. The second-order valence-electron chi connectivity index (χ2n) is 5.24. The van der Waals surface area contributed by atoms with Crippen LogP contribution in [-0.4, -0.2) is 16.5 Å². The molecule has 0 saturated carbocycles. The van der Waals surface area contributed by atoms with Crippen LogP contribution in [0.4, 0.5) is 11.4 Å². The van der Waals surface area contributed by atoms with E-state index in [1.54, 1.807) is 30.4 Å². The molecular formula is C18H17N3O3S. The molecule has 3 aromatic rings. The first-order valence-electron chi connectivity index (χ1n) is 7.82. The number of anilines is 1. The molecule has 1 N–H and O–H groups in total. The molecule has 0 fully saturated rings. The molecule has 0 aliphatic carbocycles. The zero-order valence-electron chi connectivity index (χ0n) is 13.6. The van der Waals surface area contributed by atoms with Gasteiger partial charge in [-0.2, -0.15) is 0 Å². The zero-order valence-corrected chi connectivity index (χ0v) is 14.5. The Labute approximate surface area is 149 Å². The number of ether oxygens (including phenoxy) is 1. The van der Waals surface area contributed by atoms with Crippen LogP contribution in [0.15, 0.2) is 53.9 Å². The average Bonchev–Trinajstić information content (AvgIpc) is 3.10. The number of nitrogens with one attached hydrogen (secondary N) is 1. The molecule has 2 aromatic carbocycles. The quantitative estimate of drug-likeness (QED) is 0.490. The van der Waals surface area contributed by atoms with Crippen LogP contribution in [0.3, 0.4) is 0 Å². The Kier molecular flexibility index (Phi) is 5.25. The van der Waals surface area contributed by atoms with Gasteiger partial charge in [0.2, 0.25) is 0 Å². The summed E-state index contributed by atoms with van der Waals surface area (Å²) in [7, 11) is 0. The van der Waals surface area contributed by atoms with Crippen molar-refractivity contribution in [1.82, 2.24) is 4.98 Å². The van der Waals surface area contributed by atoms with Gasteiger partial charge in [0.05, 0.1) is 23.8 Å². The molecule has 0 aliphatic rings. The minimum absolute atomic E-state index is 0.0348. The first kappa shape index (κ1) is 16.9. The Balaban J connectivity index is 1.70. The molecule has 25 heavy (non-hydrogen) atoms. The summed E-state index contributed by atoms with van der Waals surface area (Å²) in [6, 6.07) is 14.8. The first-order chi connectivity index (χ1) is 12.2. The highest BCUT2D eigenvalue weighted by atomic mass is 32.1. The highest BCUT2D eigenvalue weighted by Crippen LogP contribution is 2.30. The summed E-state index contributed by atoms with van der Waals surface area (Å²) in [5.74, 6) is 0.265. The summed E-state index contributed by atoms with van der Waals surface area (Å²) in [5.41, 5.74) is 2.73. The van der Waals surface area contributed by atoms with Gasteiger partial charge in [-0.05, 0) is 13.0 Å². The fourth-order valence-electron chi connectivity index (χ4n) is 2.34. The van der Waals surface area contributed by atoms with Gasteiger partial charge >= 0.3 is 5.69 Å². The third kappa shape index (κ3) is 4.13. The summed E-state index contributed by atoms with van der Waals surface area (Å²) >= 11 is 1.59. The second-order valence-corrected chi connectivity index (χ2v) is 6.09. The van der Waals surface area contributed by atoms with Crippen LogP contribution in [0.25, 0.3) is 10.6 Å². The lowest BCUT2D eigenvalue weighted by atomic mass is 10.2. The van der Waals surface area contributed by atoms with Gasteiger partial charge in [0.15, 0.2) is 5.75 Å². The number of hydrogen-bond acceptors (Lipinski definition) is 6. The third-order valence-electron chi connectivity index (χ3n) is 3.50. The average molecular weight is 355 g/mol. The molecule has 7 heteroatoms. The molecule has 3 rings (SSSR count). The van der Waals surface area contributed by atoms with E-state index < -0.39 is 4.92 Å². The van der Waals surface area contributed by atoms with Crippen LogP contribution in [0, 0.1) is 10.1 Å². The molecule has 0 atom stereocenters. The van der Waals surface area contributed by atoms with Gasteiger partial charge in [-0.15, -0.1) is 11.3 Å². The number of rotatable bonds is 7. The van der Waals surface area contributed by atoms with Gasteiger partial charge in [0.25, 0.3) is 0 Å². The van der Waals surface area contributed by atoms with Gasteiger partial charge in [0.1, 0.15) is 5.01 Å². The van der Waals surface area contributed by atoms with E-state index in [9.17, 15) is 10.1 Å². The fourth-order valence-corrected chi connectivity index (χ4v) is 3.17. The van der Waals surface area contributed by atoms with E-state index in [-0.39, 0.29) is 11.4 Å². The summed E-state index contributed by atoms with van der Waals surface area (Å²) in [6.07, 6.45) is 0. The number of nitrogens with zero attached hydrogens (tertiary/aromatic N) is 2. The normalized spacial score (nSPS) is 10.4. The smallest absolute Gasteiger partial charge is 0.311 e. The fraction of sp³-hybridized carbons (Fsp3) is 0.167. The highest BCUT2D eigenvalue weighted by molar-refractivity contribution is 7.13. The summed E-state index contributed by atoms with van der Waals surface area (Å²) in [5, 5.41) is 17.2. The lowest BCUT2D eigenvalue weighted by Crippen LogP contribution is -2.02. The summed E-state index contributed by atoms with van der Waals surface area (Å²) in [6.45, 7) is 2.70. The maximum atomic E-state index is 11.0. The largest absolute Gasteiger partial charge is 0.487 e. The molecule has 0 spiro atoms. The van der Waals surface area contributed by atoms with Crippen LogP contribution in [0.2, 0.25) is 0 Å². The van der Waals surface area contributed by atoms with E-state index in [0.29, 0.717) is 13.2 Å². The molecule has 1 aromatic heterocycles. The third-order valence-corrected chi connectivity index (χ3v) is 4.44. The molecule has 128 valence electrons. The van der Waals surface area contributed by atoms with Crippen LogP contribution in [0.5, 0.6) is 5.75 Å². The predicted octanol–water partition coefficient (Wildman–Crippen LogP) is 4.73. The number of nitro groups is 1. The van der Waals surface area contributed by atoms with Crippen molar-refractivity contribution in [3.8, 4) is 16.3 Å². The number of aromatic nitrogens is 1. The van der Waals surface area contributed by atoms with Crippen LogP contribution < -0.4 is 10.1 Å². The Hall–Kier alpha value is -2.93. The monoisotopic (exact) mass is 355 g/mol. The first-order valence-corrected chi connectivity index (χ1v) is 8.70. The van der Waals surface area contributed by atoms with Crippen LogP contribution in [0.1, 0.15) is 12.6 Å². The van der Waals surface area contributed by atoms with Crippen molar-refractivity contribution < 1.29 is 9.66 Å². The summed E-state index contributed by atoms with van der Waals surface area (Å²) < 4.78 is 5.36. The van der Waals surface area contributed by atoms with Crippen LogP contribution >= 0.6 is 11.3 Å². The van der Waals surface area contributed by atoms with Crippen molar-refractivity contribution in [2.75, 3.05) is 11.9 Å². The van der Waals surface area contributed by atoms with Gasteiger partial charge < -0.3 is 10.1 Å². The van der Waals surface area contributed by atoms with Gasteiger partial charge in [-0.25, -0.2) is 4.98 Å². The van der Waals surface area contributed by atoms with E-state index in [2.05, 4.69) is 10.3 Å². The SMILES string of the molecule is CCOc1cc(NCc2csc(-c3ccccc3)n2)ccc1[N+](=O)[O-]. The molecule has 0 bridgehead atoms. The molecule has 1 heterocycles. The second kappa shape index (κ2) is 7.76. The Morgan fingerprint density at radius 1 is 1.24 bits per heavy atom. The van der Waals surface area contributed by atoms with Gasteiger partial charge in [0, 0.05) is 28.8 Å². The minimum Gasteiger partial charge on any atom is -0.487 e. The Bertz CT molecular complexity index is 865. The van der Waals surface area contributed by atoms with Gasteiger partial charge in [-0.3, -0.25) is 10.1 Å². The molecule has 0 radical (unpaired) electrons. The van der Waals surface area contributed by atoms with Crippen molar-refractivity contribution >= 4 is 22.7 Å². The molecular weight excluding hydrogens is 338 g/mol. The van der Waals surface area contributed by atoms with Crippen molar-refractivity contribution in [2.45, 2.75) is 13.5 Å².